The largest absolute Gasteiger partial charge is 0.495 e. The number of anilines is 1. The number of nitro benzene ring substituents is 1. The van der Waals surface area contributed by atoms with Crippen molar-refractivity contribution in [2.24, 2.45) is 0 Å². The van der Waals surface area contributed by atoms with E-state index in [4.69, 9.17) is 16.3 Å². The first kappa shape index (κ1) is 32.4. The van der Waals surface area contributed by atoms with Crippen LogP contribution in [-0.2, 0) is 26.2 Å². The van der Waals surface area contributed by atoms with E-state index in [-0.39, 0.29) is 28.6 Å². The molecule has 3 aromatic rings. The second kappa shape index (κ2) is 13.7. The molecule has 0 spiro atoms. The topological polar surface area (TPSA) is 139 Å². The minimum atomic E-state index is -4.60. The molecule has 0 heterocycles. The van der Waals surface area contributed by atoms with Gasteiger partial charge in [-0.05, 0) is 57.5 Å². The van der Waals surface area contributed by atoms with Gasteiger partial charge in [-0.2, -0.15) is 0 Å². The zero-order chi connectivity index (χ0) is 31.2. The molecule has 0 aromatic heterocycles. The maximum absolute atomic E-state index is 14.1. The molecule has 0 aliphatic heterocycles. The van der Waals surface area contributed by atoms with Crippen LogP contribution < -0.4 is 14.4 Å². The summed E-state index contributed by atoms with van der Waals surface area (Å²) < 4.78 is 34.4. The van der Waals surface area contributed by atoms with Crippen LogP contribution in [0.5, 0.6) is 5.75 Å². The number of methoxy groups -OCH3 is 1. The third kappa shape index (κ3) is 7.37. The number of hydrogen-bond donors (Lipinski definition) is 1. The highest BCUT2D eigenvalue weighted by atomic mass is 35.5. The van der Waals surface area contributed by atoms with Crippen LogP contribution in [0.1, 0.15) is 30.5 Å². The fourth-order valence-corrected chi connectivity index (χ4v) is 5.84. The van der Waals surface area contributed by atoms with Crippen molar-refractivity contribution >= 4 is 44.8 Å². The number of nitro groups is 1. The summed E-state index contributed by atoms with van der Waals surface area (Å²) in [5, 5.41) is 14.5. The molecular weight excluding hydrogens is 584 g/mol. The molecule has 0 radical (unpaired) electrons. The van der Waals surface area contributed by atoms with Crippen LogP contribution in [0.4, 0.5) is 11.4 Å². The maximum atomic E-state index is 14.1. The third-order valence-electron chi connectivity index (χ3n) is 6.65. The molecule has 0 aliphatic rings. The molecule has 42 heavy (non-hydrogen) atoms. The average molecular weight is 617 g/mol. The van der Waals surface area contributed by atoms with Crippen LogP contribution in [0.25, 0.3) is 0 Å². The summed E-state index contributed by atoms with van der Waals surface area (Å²) in [4.78, 5) is 38.6. The van der Waals surface area contributed by atoms with Crippen LogP contribution in [0, 0.1) is 24.0 Å². The molecule has 1 N–H and O–H groups in total. The molecule has 2 amide bonds. The summed E-state index contributed by atoms with van der Waals surface area (Å²) in [6.07, 6.45) is 0. The maximum Gasteiger partial charge on any atom is 0.273 e. The number of rotatable bonds is 12. The van der Waals surface area contributed by atoms with Crippen molar-refractivity contribution in [2.75, 3.05) is 24.5 Å². The Labute approximate surface area is 250 Å². The van der Waals surface area contributed by atoms with Gasteiger partial charge in [-0.15, -0.1) is 0 Å². The Kier molecular flexibility index (Phi) is 10.5. The lowest BCUT2D eigenvalue weighted by Gasteiger charge is -2.32. The van der Waals surface area contributed by atoms with E-state index in [0.29, 0.717) is 6.54 Å². The lowest BCUT2D eigenvalue weighted by molar-refractivity contribution is -0.385. The number of likely N-dealkylation sites (N-methyl/N-ethyl adjacent to an activating group) is 1. The predicted octanol–water partition coefficient (Wildman–Crippen LogP) is 4.62. The van der Waals surface area contributed by atoms with Crippen LogP contribution in [0.3, 0.4) is 0 Å². The van der Waals surface area contributed by atoms with Crippen LogP contribution >= 0.6 is 11.6 Å². The van der Waals surface area contributed by atoms with E-state index in [0.717, 1.165) is 21.5 Å². The molecule has 1 atom stereocenters. The number of halogens is 1. The molecule has 11 nitrogen and oxygen atoms in total. The van der Waals surface area contributed by atoms with Gasteiger partial charge >= 0.3 is 0 Å². The summed E-state index contributed by atoms with van der Waals surface area (Å²) in [6.45, 7) is 6.31. The van der Waals surface area contributed by atoms with Gasteiger partial charge in [0.15, 0.2) is 0 Å². The van der Waals surface area contributed by atoms with E-state index in [1.54, 1.807) is 13.8 Å². The first-order valence-electron chi connectivity index (χ1n) is 13.0. The number of nitrogens with one attached hydrogen (secondary N) is 1. The Morgan fingerprint density at radius 3 is 2.33 bits per heavy atom. The van der Waals surface area contributed by atoms with E-state index in [9.17, 15) is 28.1 Å². The van der Waals surface area contributed by atoms with E-state index < -0.39 is 49.9 Å². The minimum absolute atomic E-state index is 0.0218. The number of carbonyl (C=O) groups is 2. The highest BCUT2D eigenvalue weighted by Crippen LogP contribution is 2.36. The molecule has 0 aliphatic carbocycles. The predicted molar refractivity (Wildman–Crippen MR) is 160 cm³/mol. The second-order valence-electron chi connectivity index (χ2n) is 9.61. The lowest BCUT2D eigenvalue weighted by atomic mass is 10.1. The van der Waals surface area contributed by atoms with E-state index in [1.807, 2.05) is 31.2 Å². The molecule has 3 aromatic carbocycles. The Bertz CT molecular complexity index is 1580. The Morgan fingerprint density at radius 2 is 1.74 bits per heavy atom. The molecule has 0 unspecified atom stereocenters. The number of amides is 2. The van der Waals surface area contributed by atoms with E-state index >= 15 is 0 Å². The number of benzene rings is 3. The number of aryl methyl sites for hydroxylation is 2. The van der Waals surface area contributed by atoms with Crippen molar-refractivity contribution in [3.05, 3.63) is 92.5 Å². The summed E-state index contributed by atoms with van der Waals surface area (Å²) in [5.74, 6) is -1.01. The van der Waals surface area contributed by atoms with Crippen LogP contribution in [0.2, 0.25) is 5.02 Å². The number of nitrogens with zero attached hydrogens (tertiary/aromatic N) is 3. The Balaban J connectivity index is 2.16. The molecule has 0 bridgehead atoms. The fourth-order valence-electron chi connectivity index (χ4n) is 4.24. The summed E-state index contributed by atoms with van der Waals surface area (Å²) in [7, 11) is -3.27. The zero-order valence-corrected chi connectivity index (χ0v) is 25.5. The Hall–Kier alpha value is -4.16. The molecule has 224 valence electrons. The summed E-state index contributed by atoms with van der Waals surface area (Å²) in [6, 6.07) is 14.2. The van der Waals surface area contributed by atoms with Crippen molar-refractivity contribution in [1.82, 2.24) is 10.2 Å². The number of ether oxygens (including phenoxy) is 1. The monoisotopic (exact) mass is 616 g/mol. The van der Waals surface area contributed by atoms with Gasteiger partial charge in [-0.1, -0.05) is 47.5 Å². The highest BCUT2D eigenvalue weighted by molar-refractivity contribution is 7.92. The molecule has 13 heteroatoms. The van der Waals surface area contributed by atoms with Gasteiger partial charge in [-0.3, -0.25) is 24.0 Å². The van der Waals surface area contributed by atoms with Gasteiger partial charge in [-0.25, -0.2) is 8.42 Å². The molecule has 0 saturated carbocycles. The van der Waals surface area contributed by atoms with Gasteiger partial charge < -0.3 is 15.0 Å². The van der Waals surface area contributed by atoms with Crippen molar-refractivity contribution in [3.63, 3.8) is 0 Å². The van der Waals surface area contributed by atoms with Crippen molar-refractivity contribution in [1.29, 1.82) is 0 Å². The first-order valence-corrected chi connectivity index (χ1v) is 14.9. The number of hydrogen-bond acceptors (Lipinski definition) is 7. The summed E-state index contributed by atoms with van der Waals surface area (Å²) >= 11 is 6.23. The molecule has 3 rings (SSSR count). The van der Waals surface area contributed by atoms with Gasteiger partial charge in [0, 0.05) is 29.7 Å². The van der Waals surface area contributed by atoms with E-state index in [1.165, 1.54) is 49.3 Å². The quantitative estimate of drug-likeness (QED) is 0.231. The molecule has 0 fully saturated rings. The average Bonchev–Trinajstić information content (AvgIpc) is 2.95. The van der Waals surface area contributed by atoms with Gasteiger partial charge in [0.2, 0.25) is 11.8 Å². The second-order valence-corrected chi connectivity index (χ2v) is 11.9. The fraction of sp³-hybridized carbons (Fsp3) is 0.310. The lowest BCUT2D eigenvalue weighted by Crippen LogP contribution is -2.51. The van der Waals surface area contributed by atoms with Gasteiger partial charge in [0.05, 0.1) is 22.6 Å². The molecular formula is C29H33ClN4O7S. The standard InChI is InChI=1S/C29H33ClN4O7S/c1-6-31-29(36)21(4)32(17-22-10-7-19(2)8-11-22)28(35)18-33(26-15-23(30)12-14-27(26)41-5)42(39,40)24-13-9-20(3)25(16-24)34(37)38/h7-16,21H,6,17-18H2,1-5H3,(H,31,36)/t21-/m0/s1. The number of sulfonamides is 1. The number of carbonyl (C=O) groups excluding carboxylic acids is 2. The van der Waals surface area contributed by atoms with Gasteiger partial charge in [0.1, 0.15) is 18.3 Å². The molecule has 0 saturated heterocycles. The first-order chi connectivity index (χ1) is 19.8. The van der Waals surface area contributed by atoms with Crippen molar-refractivity contribution in [3.8, 4) is 5.75 Å². The van der Waals surface area contributed by atoms with Gasteiger partial charge in [0.25, 0.3) is 15.7 Å². The van der Waals surface area contributed by atoms with Crippen LogP contribution in [0.15, 0.2) is 65.6 Å². The van der Waals surface area contributed by atoms with Crippen molar-refractivity contribution in [2.45, 2.75) is 45.2 Å². The Morgan fingerprint density at radius 1 is 1.07 bits per heavy atom. The third-order valence-corrected chi connectivity index (χ3v) is 8.64. The van der Waals surface area contributed by atoms with Crippen LogP contribution in [-0.4, -0.2) is 56.3 Å². The smallest absolute Gasteiger partial charge is 0.273 e. The zero-order valence-electron chi connectivity index (χ0n) is 24.0. The SMILES string of the molecule is CCNC(=O)[C@H](C)N(Cc1ccc(C)cc1)C(=O)CN(c1cc(Cl)ccc1OC)S(=O)(=O)c1ccc(C)c([N+](=O)[O-])c1. The normalized spacial score (nSPS) is 11.9. The van der Waals surface area contributed by atoms with Crippen molar-refractivity contribution < 1.29 is 27.7 Å². The minimum Gasteiger partial charge on any atom is -0.495 e. The highest BCUT2D eigenvalue weighted by Gasteiger charge is 2.34. The van der Waals surface area contributed by atoms with E-state index in [2.05, 4.69) is 5.32 Å². The summed E-state index contributed by atoms with van der Waals surface area (Å²) in [5.41, 5.74) is 1.55.